The van der Waals surface area contributed by atoms with Crippen molar-refractivity contribution in [3.63, 3.8) is 0 Å². The van der Waals surface area contributed by atoms with Crippen LogP contribution in [0, 0.1) is 5.92 Å². The van der Waals surface area contributed by atoms with Crippen molar-refractivity contribution < 1.29 is 9.47 Å². The van der Waals surface area contributed by atoms with E-state index in [2.05, 4.69) is 81.0 Å². The number of nitrogen functional groups attached to an aromatic ring is 1. The number of rotatable bonds is 14. The van der Waals surface area contributed by atoms with E-state index >= 15 is 0 Å². The molecule has 3 aliphatic rings. The average Bonchev–Trinajstić information content (AvgIpc) is 3.80. The number of aryl methyl sites for hydroxylation is 3. The maximum Gasteiger partial charge on any atom is 0.232 e. The number of nitrogens with zero attached hydrogens (tertiary/aromatic N) is 9. The van der Waals surface area contributed by atoms with Gasteiger partial charge < -0.3 is 29.9 Å². The monoisotopic (exact) mass is 650 g/mol. The molecule has 2 aliphatic heterocycles. The third-order valence-corrected chi connectivity index (χ3v) is 9.18. The van der Waals surface area contributed by atoms with Gasteiger partial charge in [-0.05, 0) is 67.7 Å². The van der Waals surface area contributed by atoms with Crippen molar-refractivity contribution in [2.75, 3.05) is 60.0 Å². The van der Waals surface area contributed by atoms with Crippen molar-refractivity contribution in [2.45, 2.75) is 71.3 Å². The first-order valence-corrected chi connectivity index (χ1v) is 17.5. The Balaban J connectivity index is 1.15. The molecule has 2 aromatic carbocycles. The van der Waals surface area contributed by atoms with Gasteiger partial charge in [0.05, 0.1) is 6.04 Å². The minimum Gasteiger partial charge on any atom is -0.454 e. The number of fused-ring (bicyclic) bond motifs is 1. The number of aromatic nitrogens is 6. The number of benzene rings is 2. The fourth-order valence-electron chi connectivity index (χ4n) is 6.55. The first kappa shape index (κ1) is 31.8. The quantitative estimate of drug-likeness (QED) is 0.203. The number of nitrogens with two attached hydrogens (primary N) is 1. The van der Waals surface area contributed by atoms with Crippen molar-refractivity contribution in [3.05, 3.63) is 71.3 Å². The Kier molecular flexibility index (Phi) is 9.67. The predicted molar refractivity (Wildman–Crippen MR) is 187 cm³/mol. The average molecular weight is 651 g/mol. The van der Waals surface area contributed by atoms with E-state index in [0.29, 0.717) is 31.4 Å². The maximum absolute atomic E-state index is 6.32. The van der Waals surface area contributed by atoms with Gasteiger partial charge in [0, 0.05) is 45.6 Å². The van der Waals surface area contributed by atoms with Crippen molar-refractivity contribution in [3.8, 4) is 11.5 Å². The van der Waals surface area contributed by atoms with E-state index in [9.17, 15) is 0 Å². The molecule has 4 heterocycles. The van der Waals surface area contributed by atoms with Crippen LogP contribution in [0.2, 0.25) is 0 Å². The summed E-state index contributed by atoms with van der Waals surface area (Å²) in [7, 11) is 0. The van der Waals surface area contributed by atoms with Gasteiger partial charge in [-0.3, -0.25) is 0 Å². The normalized spacial score (nSPS) is 17.2. The van der Waals surface area contributed by atoms with E-state index in [1.807, 2.05) is 6.07 Å². The highest BCUT2D eigenvalue weighted by Crippen LogP contribution is 2.33. The molecule has 2 fully saturated rings. The topological polar surface area (TPSA) is 132 Å². The Labute approximate surface area is 282 Å². The zero-order valence-corrected chi connectivity index (χ0v) is 28.1. The first-order chi connectivity index (χ1) is 23.5. The van der Waals surface area contributed by atoms with Crippen LogP contribution in [0.5, 0.6) is 11.5 Å². The molecule has 12 nitrogen and oxygen atoms in total. The fraction of sp³-hybridized carbons (Fsp3) is 0.500. The minimum atomic E-state index is 0.0828. The summed E-state index contributed by atoms with van der Waals surface area (Å²) in [5, 5.41) is 0. The van der Waals surface area contributed by atoms with E-state index < -0.39 is 0 Å². The van der Waals surface area contributed by atoms with Crippen LogP contribution < -0.4 is 29.9 Å². The van der Waals surface area contributed by atoms with Gasteiger partial charge in [0.15, 0.2) is 11.5 Å². The molecule has 1 saturated heterocycles. The largest absolute Gasteiger partial charge is 0.454 e. The molecule has 12 heteroatoms. The molecule has 48 heavy (non-hydrogen) atoms. The molecule has 1 unspecified atom stereocenters. The summed E-state index contributed by atoms with van der Waals surface area (Å²) in [4.78, 5) is 36.1. The molecule has 4 aromatic rings. The second-order valence-corrected chi connectivity index (χ2v) is 13.1. The summed E-state index contributed by atoms with van der Waals surface area (Å²) >= 11 is 0. The molecule has 0 spiro atoms. The number of anilines is 4. The summed E-state index contributed by atoms with van der Waals surface area (Å²) in [6, 6.07) is 16.8. The van der Waals surface area contributed by atoms with Crippen LogP contribution in [0.4, 0.5) is 23.8 Å². The first-order valence-electron chi connectivity index (χ1n) is 17.5. The van der Waals surface area contributed by atoms with Gasteiger partial charge in [-0.25, -0.2) is 4.98 Å². The van der Waals surface area contributed by atoms with Crippen molar-refractivity contribution >= 4 is 23.8 Å². The highest BCUT2D eigenvalue weighted by Gasteiger charge is 2.32. The lowest BCUT2D eigenvalue weighted by Gasteiger charge is -2.42. The molecule has 1 saturated carbocycles. The van der Waals surface area contributed by atoms with Gasteiger partial charge in [0.1, 0.15) is 11.6 Å². The minimum absolute atomic E-state index is 0.0828. The predicted octanol–water partition coefficient (Wildman–Crippen LogP) is 4.67. The summed E-state index contributed by atoms with van der Waals surface area (Å²) in [5.74, 6) is 6.28. The highest BCUT2D eigenvalue weighted by atomic mass is 16.7. The van der Waals surface area contributed by atoms with Crippen molar-refractivity contribution in [2.24, 2.45) is 5.92 Å². The van der Waals surface area contributed by atoms with Gasteiger partial charge in [-0.15, -0.1) is 0 Å². The van der Waals surface area contributed by atoms with Gasteiger partial charge in [0.25, 0.3) is 0 Å². The van der Waals surface area contributed by atoms with E-state index in [1.165, 1.54) is 24.0 Å². The van der Waals surface area contributed by atoms with Crippen LogP contribution in [-0.2, 0) is 25.7 Å². The second kappa shape index (κ2) is 14.6. The van der Waals surface area contributed by atoms with Crippen LogP contribution in [-0.4, -0.2) is 75.5 Å². The molecule has 2 aromatic heterocycles. The molecule has 252 valence electrons. The summed E-state index contributed by atoms with van der Waals surface area (Å²) < 4.78 is 11.1. The zero-order valence-electron chi connectivity index (χ0n) is 28.1. The molecular formula is C36H46N10O2. The third kappa shape index (κ3) is 7.69. The van der Waals surface area contributed by atoms with Gasteiger partial charge in [-0.1, -0.05) is 50.2 Å². The number of hydrogen-bond acceptors (Lipinski definition) is 12. The van der Waals surface area contributed by atoms with Gasteiger partial charge in [0.2, 0.25) is 30.6 Å². The number of hydrogen-bond donors (Lipinski definition) is 1. The lowest BCUT2D eigenvalue weighted by Crippen LogP contribution is -2.55. The Bertz CT molecular complexity index is 1690. The molecule has 0 amide bonds. The van der Waals surface area contributed by atoms with Crippen LogP contribution >= 0.6 is 0 Å². The van der Waals surface area contributed by atoms with E-state index in [0.717, 1.165) is 86.8 Å². The van der Waals surface area contributed by atoms with Gasteiger partial charge in [-0.2, -0.15) is 24.9 Å². The standard InChI is InChI=1S/C36H46N10O2/c1-3-8-31-38-32(16-14-26-13-15-29-30(21-26)48-24-47-29)40-36(39-31)46-19-18-45(23-28(46)20-25-9-6-5-7-10-25)35-42-33(37)41-34(43-35)44(17-4-2)22-27-11-12-27/h5-7,9-10,13,15,21,27-28H,3-4,8,11-12,14,16-20,22-24H2,1-2H3,(H2,37,41,42,43). The van der Waals surface area contributed by atoms with Crippen molar-refractivity contribution in [1.29, 1.82) is 0 Å². The molecule has 0 radical (unpaired) electrons. The molecule has 2 N–H and O–H groups in total. The highest BCUT2D eigenvalue weighted by molar-refractivity contribution is 5.47. The van der Waals surface area contributed by atoms with Crippen LogP contribution in [0.25, 0.3) is 0 Å². The molecule has 7 rings (SSSR count). The molecule has 0 bridgehead atoms. The molecule has 1 aliphatic carbocycles. The summed E-state index contributed by atoms with van der Waals surface area (Å²) in [5.41, 5.74) is 8.74. The van der Waals surface area contributed by atoms with Crippen LogP contribution in [0.3, 0.4) is 0 Å². The Morgan fingerprint density at radius 3 is 2.40 bits per heavy atom. The fourth-order valence-corrected chi connectivity index (χ4v) is 6.55. The zero-order chi connectivity index (χ0) is 32.9. The molecule has 1 atom stereocenters. The number of ether oxygens (including phenoxy) is 2. The summed E-state index contributed by atoms with van der Waals surface area (Å²) in [6.45, 7) is 8.63. The van der Waals surface area contributed by atoms with E-state index in [1.54, 1.807) is 0 Å². The van der Waals surface area contributed by atoms with Crippen LogP contribution in [0.15, 0.2) is 48.5 Å². The van der Waals surface area contributed by atoms with E-state index in [4.69, 9.17) is 35.1 Å². The Morgan fingerprint density at radius 2 is 1.60 bits per heavy atom. The molecular weight excluding hydrogens is 604 g/mol. The lowest BCUT2D eigenvalue weighted by atomic mass is 10.0. The maximum atomic E-state index is 6.32. The third-order valence-electron chi connectivity index (χ3n) is 9.18. The van der Waals surface area contributed by atoms with Gasteiger partial charge >= 0.3 is 0 Å². The Hall–Kier alpha value is -4.74. The summed E-state index contributed by atoms with van der Waals surface area (Å²) in [6.07, 6.45) is 7.67. The van der Waals surface area contributed by atoms with E-state index in [-0.39, 0.29) is 18.8 Å². The smallest absolute Gasteiger partial charge is 0.232 e. The van der Waals surface area contributed by atoms with Crippen molar-refractivity contribution in [1.82, 2.24) is 29.9 Å². The number of piperazine rings is 1. The SMILES string of the molecule is CCCc1nc(CCc2ccc3c(c2)OCO3)nc(N2CCN(c3nc(N)nc(N(CCC)CC4CC4)n3)CC2Cc2ccccc2)n1. The van der Waals surface area contributed by atoms with Crippen LogP contribution in [0.1, 0.15) is 62.3 Å². The lowest BCUT2D eigenvalue weighted by molar-refractivity contribution is 0.174. The Morgan fingerprint density at radius 1 is 0.792 bits per heavy atom. The second-order valence-electron chi connectivity index (χ2n) is 13.1.